The third kappa shape index (κ3) is 3.81. The number of hydrogen-bond acceptors (Lipinski definition) is 3. The second-order valence-corrected chi connectivity index (χ2v) is 6.25. The number of aryl methyl sites for hydroxylation is 1. The van der Waals surface area contributed by atoms with Crippen LogP contribution in [0.2, 0.25) is 0 Å². The van der Waals surface area contributed by atoms with E-state index in [1.807, 2.05) is 30.3 Å². The maximum Gasteiger partial charge on any atom is 0.0917 e. The van der Waals surface area contributed by atoms with E-state index in [4.69, 9.17) is 0 Å². The summed E-state index contributed by atoms with van der Waals surface area (Å²) >= 11 is 0. The monoisotopic (exact) mass is 311 g/mol. The van der Waals surface area contributed by atoms with Gasteiger partial charge in [0, 0.05) is 25.7 Å². The van der Waals surface area contributed by atoms with Crippen LogP contribution >= 0.6 is 0 Å². The van der Waals surface area contributed by atoms with E-state index in [1.54, 1.807) is 0 Å². The number of aliphatic hydroxyl groups is 2. The largest absolute Gasteiger partial charge is 0.396 e. The van der Waals surface area contributed by atoms with E-state index >= 15 is 0 Å². The zero-order chi connectivity index (χ0) is 16.1. The molecular weight excluding hydrogens is 286 g/mol. The molecule has 2 aromatic rings. The van der Waals surface area contributed by atoms with Crippen LogP contribution < -0.4 is 0 Å². The van der Waals surface area contributed by atoms with Crippen molar-refractivity contribution < 1.29 is 10.2 Å². The zero-order valence-electron chi connectivity index (χ0n) is 13.4. The van der Waals surface area contributed by atoms with Crippen molar-refractivity contribution in [3.8, 4) is 0 Å². The molecule has 2 atom stereocenters. The second-order valence-electron chi connectivity index (χ2n) is 6.25. The summed E-state index contributed by atoms with van der Waals surface area (Å²) in [6, 6.07) is 18.8. The fraction of sp³-hybridized carbons (Fsp3) is 0.400. The normalized spacial score (nSPS) is 18.1. The summed E-state index contributed by atoms with van der Waals surface area (Å²) in [5.74, 6) is 0. The van der Waals surface area contributed by atoms with Crippen LogP contribution in [0.25, 0.3) is 0 Å². The van der Waals surface area contributed by atoms with E-state index in [2.05, 4.69) is 29.2 Å². The van der Waals surface area contributed by atoms with Crippen molar-refractivity contribution in [2.24, 2.45) is 0 Å². The quantitative estimate of drug-likeness (QED) is 0.826. The Morgan fingerprint density at radius 3 is 2.57 bits per heavy atom. The van der Waals surface area contributed by atoms with Gasteiger partial charge in [-0.1, -0.05) is 54.6 Å². The van der Waals surface area contributed by atoms with Gasteiger partial charge in [-0.2, -0.15) is 0 Å². The molecular formula is C20H25NO2. The van der Waals surface area contributed by atoms with Gasteiger partial charge in [-0.05, 0) is 36.0 Å². The van der Waals surface area contributed by atoms with E-state index in [0.29, 0.717) is 12.6 Å². The van der Waals surface area contributed by atoms with E-state index < -0.39 is 6.10 Å². The summed E-state index contributed by atoms with van der Waals surface area (Å²) < 4.78 is 0. The Morgan fingerprint density at radius 2 is 1.78 bits per heavy atom. The third-order valence-corrected chi connectivity index (χ3v) is 4.74. The van der Waals surface area contributed by atoms with Crippen molar-refractivity contribution in [3.63, 3.8) is 0 Å². The minimum Gasteiger partial charge on any atom is -0.396 e. The lowest BCUT2D eigenvalue weighted by molar-refractivity contribution is 0.0809. The molecule has 0 aliphatic heterocycles. The molecule has 0 amide bonds. The Labute approximate surface area is 138 Å². The Bertz CT molecular complexity index is 614. The first-order valence-electron chi connectivity index (χ1n) is 8.45. The Balaban J connectivity index is 1.76. The van der Waals surface area contributed by atoms with Gasteiger partial charge < -0.3 is 10.2 Å². The molecule has 2 N–H and O–H groups in total. The number of benzene rings is 2. The molecule has 0 saturated heterocycles. The summed E-state index contributed by atoms with van der Waals surface area (Å²) in [6.07, 6.45) is 2.42. The Morgan fingerprint density at radius 1 is 1.04 bits per heavy atom. The first-order valence-corrected chi connectivity index (χ1v) is 8.45. The molecule has 23 heavy (non-hydrogen) atoms. The molecule has 0 aromatic heterocycles. The van der Waals surface area contributed by atoms with Gasteiger partial charge >= 0.3 is 0 Å². The average molecular weight is 311 g/mol. The van der Waals surface area contributed by atoms with E-state index in [0.717, 1.165) is 31.4 Å². The molecule has 2 aromatic carbocycles. The highest BCUT2D eigenvalue weighted by atomic mass is 16.3. The molecule has 3 nitrogen and oxygen atoms in total. The van der Waals surface area contributed by atoms with Crippen LogP contribution in [-0.2, 0) is 6.42 Å². The van der Waals surface area contributed by atoms with Crippen molar-refractivity contribution in [1.29, 1.82) is 0 Å². The molecule has 0 bridgehead atoms. The number of aliphatic hydroxyl groups excluding tert-OH is 2. The van der Waals surface area contributed by atoms with Crippen LogP contribution in [0.15, 0.2) is 54.6 Å². The number of hydrogen-bond donors (Lipinski definition) is 2. The van der Waals surface area contributed by atoms with Gasteiger partial charge in [-0.15, -0.1) is 0 Å². The third-order valence-electron chi connectivity index (χ3n) is 4.74. The molecule has 1 aliphatic rings. The maximum absolute atomic E-state index is 10.6. The molecule has 0 heterocycles. The predicted molar refractivity (Wildman–Crippen MR) is 92.2 cm³/mol. The van der Waals surface area contributed by atoms with E-state index in [9.17, 15) is 10.2 Å². The second kappa shape index (κ2) is 7.73. The van der Waals surface area contributed by atoms with Crippen molar-refractivity contribution in [1.82, 2.24) is 4.90 Å². The average Bonchev–Trinajstić information content (AvgIpc) is 3.03. The summed E-state index contributed by atoms with van der Waals surface area (Å²) in [7, 11) is 0. The van der Waals surface area contributed by atoms with E-state index in [1.165, 1.54) is 11.1 Å². The van der Waals surface area contributed by atoms with Gasteiger partial charge in [-0.25, -0.2) is 0 Å². The fourth-order valence-corrected chi connectivity index (χ4v) is 3.56. The molecule has 3 rings (SSSR count). The molecule has 3 heteroatoms. The molecule has 1 aliphatic carbocycles. The summed E-state index contributed by atoms with van der Waals surface area (Å²) in [6.45, 7) is 1.59. The lowest BCUT2D eigenvalue weighted by Crippen LogP contribution is -2.33. The molecule has 0 saturated carbocycles. The molecule has 0 fully saturated rings. The Hall–Kier alpha value is -1.68. The first-order chi connectivity index (χ1) is 11.3. The van der Waals surface area contributed by atoms with Crippen LogP contribution in [0.5, 0.6) is 0 Å². The highest BCUT2D eigenvalue weighted by molar-refractivity contribution is 5.34. The van der Waals surface area contributed by atoms with Crippen LogP contribution in [0.3, 0.4) is 0 Å². The van der Waals surface area contributed by atoms with Gasteiger partial charge in [0.05, 0.1) is 6.10 Å². The number of fused-ring (bicyclic) bond motifs is 1. The predicted octanol–water partition coefficient (Wildman–Crippen LogP) is 3.09. The van der Waals surface area contributed by atoms with Crippen LogP contribution in [0.1, 0.15) is 41.7 Å². The molecule has 0 spiro atoms. The summed E-state index contributed by atoms with van der Waals surface area (Å²) in [4.78, 5) is 2.33. The van der Waals surface area contributed by atoms with Gasteiger partial charge in [0.1, 0.15) is 0 Å². The first kappa shape index (κ1) is 16.2. The topological polar surface area (TPSA) is 43.7 Å². The van der Waals surface area contributed by atoms with Crippen molar-refractivity contribution in [3.05, 3.63) is 71.3 Å². The number of nitrogens with zero attached hydrogens (tertiary/aromatic N) is 1. The van der Waals surface area contributed by atoms with Crippen molar-refractivity contribution in [2.45, 2.75) is 31.4 Å². The smallest absolute Gasteiger partial charge is 0.0917 e. The zero-order valence-corrected chi connectivity index (χ0v) is 13.4. The summed E-state index contributed by atoms with van der Waals surface area (Å²) in [5.41, 5.74) is 3.75. The minimum absolute atomic E-state index is 0.187. The van der Waals surface area contributed by atoms with Crippen LogP contribution in [0.4, 0.5) is 0 Å². The number of rotatable bonds is 7. The fourth-order valence-electron chi connectivity index (χ4n) is 3.56. The summed E-state index contributed by atoms with van der Waals surface area (Å²) in [5, 5.41) is 19.8. The highest BCUT2D eigenvalue weighted by Crippen LogP contribution is 2.36. The lowest BCUT2D eigenvalue weighted by atomic mass is 10.0. The standard InChI is InChI=1S/C20H25NO2/c22-14-6-13-21(15-20(23)17-8-2-1-3-9-17)19-12-11-16-7-4-5-10-18(16)19/h1-5,7-10,19-20,22-23H,6,11-15H2. The van der Waals surface area contributed by atoms with Crippen LogP contribution in [-0.4, -0.2) is 34.8 Å². The van der Waals surface area contributed by atoms with Gasteiger partial charge in [0.2, 0.25) is 0 Å². The lowest BCUT2D eigenvalue weighted by Gasteiger charge is -2.31. The molecule has 0 radical (unpaired) electrons. The molecule has 2 unspecified atom stereocenters. The van der Waals surface area contributed by atoms with Gasteiger partial charge in [0.25, 0.3) is 0 Å². The van der Waals surface area contributed by atoms with Gasteiger partial charge in [0.15, 0.2) is 0 Å². The molecule has 122 valence electrons. The van der Waals surface area contributed by atoms with Crippen molar-refractivity contribution in [2.75, 3.05) is 19.7 Å². The van der Waals surface area contributed by atoms with Crippen molar-refractivity contribution >= 4 is 0 Å². The minimum atomic E-state index is -0.498. The SMILES string of the molecule is OCCCN(CC(O)c1ccccc1)C1CCc2ccccc21. The Kier molecular flexibility index (Phi) is 5.44. The van der Waals surface area contributed by atoms with E-state index in [-0.39, 0.29) is 6.61 Å². The highest BCUT2D eigenvalue weighted by Gasteiger charge is 2.28. The maximum atomic E-state index is 10.6. The van der Waals surface area contributed by atoms with Crippen LogP contribution in [0, 0.1) is 0 Å². The van der Waals surface area contributed by atoms with Gasteiger partial charge in [-0.3, -0.25) is 4.90 Å².